The second-order valence-electron chi connectivity index (χ2n) is 3.42. The summed E-state index contributed by atoms with van der Waals surface area (Å²) in [5, 5.41) is 11.2. The molecule has 0 fully saturated rings. The van der Waals surface area contributed by atoms with Crippen LogP contribution in [-0.4, -0.2) is 43.0 Å². The maximum Gasteiger partial charge on any atom is 0.377 e. The average Bonchev–Trinajstić information content (AvgIpc) is 2.44. The van der Waals surface area contributed by atoms with Crippen LogP contribution in [-0.2, 0) is 0 Å². The number of nitrogens with one attached hydrogen (secondary N) is 1. The molecule has 0 aliphatic heterocycles. The third kappa shape index (κ3) is 2.57. The molecule has 9 heteroatoms. The first kappa shape index (κ1) is 15.1. The molecule has 20 heavy (non-hydrogen) atoms. The lowest BCUT2D eigenvalue weighted by atomic mass is 10.1. The van der Waals surface area contributed by atoms with Crippen molar-refractivity contribution in [1.29, 1.82) is 5.53 Å². The fraction of sp³-hybridized carbons (Fsp3) is 0.273. The van der Waals surface area contributed by atoms with E-state index in [4.69, 9.17) is 19.7 Å². The number of methoxy groups -OCH3 is 3. The summed E-state index contributed by atoms with van der Waals surface area (Å²) in [6, 6.07) is 1.14. The number of nitro groups is 1. The van der Waals surface area contributed by atoms with Crippen molar-refractivity contribution in [3.63, 3.8) is 0 Å². The zero-order valence-corrected chi connectivity index (χ0v) is 11.0. The van der Waals surface area contributed by atoms with Gasteiger partial charge in [-0.05, 0) is 0 Å². The molecule has 0 saturated carbocycles. The fourth-order valence-electron chi connectivity index (χ4n) is 1.64. The van der Waals surface area contributed by atoms with Crippen molar-refractivity contribution in [2.45, 2.75) is 0 Å². The molecule has 0 heterocycles. The third-order valence-electron chi connectivity index (χ3n) is 2.43. The lowest BCUT2D eigenvalue weighted by Crippen LogP contribution is -2.09. The van der Waals surface area contributed by atoms with E-state index in [0.717, 1.165) is 6.07 Å². The zero-order chi connectivity index (χ0) is 15.3. The first-order valence-electron chi connectivity index (χ1n) is 5.23. The minimum absolute atomic E-state index is 0.000984. The van der Waals surface area contributed by atoms with Crippen LogP contribution in [0.5, 0.6) is 17.2 Å². The Hall–Kier alpha value is -2.93. The van der Waals surface area contributed by atoms with Crippen molar-refractivity contribution in [3.05, 3.63) is 21.7 Å². The van der Waals surface area contributed by atoms with Crippen molar-refractivity contribution in [3.8, 4) is 17.2 Å². The molecule has 1 aromatic rings. The molecule has 0 bridgehead atoms. The predicted octanol–water partition coefficient (Wildman–Crippen LogP) is 1.11. The third-order valence-corrected chi connectivity index (χ3v) is 2.43. The first-order valence-corrected chi connectivity index (χ1v) is 5.23. The minimum atomic E-state index is -0.814. The number of benzene rings is 1. The standard InChI is InChI=1S/C11H12N3O6/c1-18-8-4-6(7(15)5-13-12)9(14(16)17)11(20-3)10(8)19-2/h4-5,12H,1-3H3/q+1. The number of nitro benzene ring substituents is 1. The van der Waals surface area contributed by atoms with Gasteiger partial charge in [0, 0.05) is 6.07 Å². The van der Waals surface area contributed by atoms with E-state index >= 15 is 0 Å². The van der Waals surface area contributed by atoms with Crippen LogP contribution in [0, 0.1) is 15.6 Å². The Labute approximate surface area is 113 Å². The van der Waals surface area contributed by atoms with Crippen LogP contribution < -0.4 is 14.2 Å². The summed E-state index contributed by atoms with van der Waals surface area (Å²) >= 11 is 0. The van der Waals surface area contributed by atoms with E-state index in [1.807, 2.05) is 0 Å². The molecule has 0 aromatic heterocycles. The second-order valence-corrected chi connectivity index (χ2v) is 3.42. The lowest BCUT2D eigenvalue weighted by molar-refractivity contribution is -0.386. The molecule has 0 unspecified atom stereocenters. The number of rotatable bonds is 6. The number of nitrogens with zero attached hydrogens (tertiary/aromatic N) is 2. The van der Waals surface area contributed by atoms with Gasteiger partial charge < -0.3 is 14.2 Å². The van der Waals surface area contributed by atoms with E-state index in [2.05, 4.69) is 4.79 Å². The van der Waals surface area contributed by atoms with Crippen molar-refractivity contribution < 1.29 is 28.7 Å². The predicted molar refractivity (Wildman–Crippen MR) is 66.1 cm³/mol. The summed E-state index contributed by atoms with van der Waals surface area (Å²) in [6.45, 7) is 0. The highest BCUT2D eigenvalue weighted by atomic mass is 16.6. The van der Waals surface area contributed by atoms with Crippen molar-refractivity contribution >= 4 is 17.7 Å². The summed E-state index contributed by atoms with van der Waals surface area (Å²) in [7, 11) is 3.81. The number of hydrogen-bond donors (Lipinski definition) is 1. The van der Waals surface area contributed by atoms with Crippen LogP contribution in [0.2, 0.25) is 0 Å². The van der Waals surface area contributed by atoms with Gasteiger partial charge in [-0.15, -0.1) is 0 Å². The van der Waals surface area contributed by atoms with E-state index in [-0.39, 0.29) is 22.8 Å². The fourth-order valence-corrected chi connectivity index (χ4v) is 1.64. The highest BCUT2D eigenvalue weighted by Crippen LogP contribution is 2.46. The van der Waals surface area contributed by atoms with Gasteiger partial charge in [0.15, 0.2) is 5.75 Å². The average molecular weight is 282 g/mol. The Kier molecular flexibility index (Phi) is 4.76. The number of Topliss-reactive ketones (excluding diaryl/α,β-unsaturated/α-hetero) is 1. The van der Waals surface area contributed by atoms with Gasteiger partial charge in [-0.2, -0.15) is 0 Å². The van der Waals surface area contributed by atoms with Gasteiger partial charge in [0.25, 0.3) is 5.78 Å². The molecular formula is C11H12N3O6+. The SMILES string of the molecule is COc1cc(C(=O)C=[N+]=N)c([N+](=O)[O-])c(OC)c1OC. The monoisotopic (exact) mass is 282 g/mol. The van der Waals surface area contributed by atoms with Crippen LogP contribution in [0.1, 0.15) is 10.4 Å². The molecule has 0 atom stereocenters. The first-order chi connectivity index (χ1) is 9.51. The van der Waals surface area contributed by atoms with Crippen LogP contribution >= 0.6 is 0 Å². The molecule has 1 rings (SSSR count). The summed E-state index contributed by atoms with van der Waals surface area (Å²) in [5.74, 6) is -0.956. The Morgan fingerprint density at radius 2 is 1.90 bits per heavy atom. The number of carbonyl (C=O) groups is 1. The molecule has 106 valence electrons. The van der Waals surface area contributed by atoms with E-state index in [0.29, 0.717) is 6.21 Å². The molecule has 0 radical (unpaired) electrons. The summed E-state index contributed by atoms with van der Waals surface area (Å²) in [6.07, 6.45) is 0.647. The van der Waals surface area contributed by atoms with Crippen LogP contribution in [0.15, 0.2) is 6.07 Å². The summed E-state index contributed by atoms with van der Waals surface area (Å²) < 4.78 is 15.0. The lowest BCUT2D eigenvalue weighted by Gasteiger charge is -2.13. The summed E-state index contributed by atoms with van der Waals surface area (Å²) in [5.41, 5.74) is 5.75. The number of ether oxygens (including phenoxy) is 3. The van der Waals surface area contributed by atoms with Crippen molar-refractivity contribution in [2.24, 2.45) is 0 Å². The largest absolute Gasteiger partial charge is 0.493 e. The van der Waals surface area contributed by atoms with Gasteiger partial charge in [0.05, 0.1) is 36.6 Å². The number of carbonyl (C=O) groups excluding carboxylic acids is 1. The maximum absolute atomic E-state index is 11.8. The quantitative estimate of drug-likeness (QED) is 0.208. The second kappa shape index (κ2) is 6.30. The van der Waals surface area contributed by atoms with E-state index < -0.39 is 16.4 Å². The van der Waals surface area contributed by atoms with Crippen LogP contribution in [0.3, 0.4) is 0 Å². The van der Waals surface area contributed by atoms with Gasteiger partial charge in [-0.1, -0.05) is 0 Å². The minimum Gasteiger partial charge on any atom is -0.493 e. The molecule has 0 aliphatic rings. The topological polar surface area (TPSA) is 126 Å². The molecule has 1 N–H and O–H groups in total. The van der Waals surface area contributed by atoms with Gasteiger partial charge in [-0.25, -0.2) is 0 Å². The van der Waals surface area contributed by atoms with Gasteiger partial charge >= 0.3 is 11.9 Å². The molecule has 0 amide bonds. The maximum atomic E-state index is 11.8. The molecule has 1 aromatic carbocycles. The highest BCUT2D eigenvalue weighted by Gasteiger charge is 2.33. The smallest absolute Gasteiger partial charge is 0.377 e. The van der Waals surface area contributed by atoms with Gasteiger partial charge in [0.1, 0.15) is 5.56 Å². The number of hydrogen-bond acceptors (Lipinski definition) is 7. The van der Waals surface area contributed by atoms with Gasteiger partial charge in [0.2, 0.25) is 11.5 Å². The Balaban J connectivity index is 3.78. The zero-order valence-electron chi connectivity index (χ0n) is 11.0. The van der Waals surface area contributed by atoms with E-state index in [9.17, 15) is 14.9 Å². The van der Waals surface area contributed by atoms with E-state index in [1.54, 1.807) is 0 Å². The Bertz CT molecular complexity index is 607. The molecule has 0 aliphatic carbocycles. The van der Waals surface area contributed by atoms with Crippen LogP contribution in [0.25, 0.3) is 0 Å². The van der Waals surface area contributed by atoms with Crippen molar-refractivity contribution in [2.75, 3.05) is 21.3 Å². The normalized spacial score (nSPS) is 9.35. The van der Waals surface area contributed by atoms with E-state index in [1.165, 1.54) is 21.3 Å². The Morgan fingerprint density at radius 3 is 2.30 bits per heavy atom. The van der Waals surface area contributed by atoms with Crippen LogP contribution in [0.4, 0.5) is 5.69 Å². The molecular weight excluding hydrogens is 270 g/mol. The van der Waals surface area contributed by atoms with Gasteiger partial charge in [-0.3, -0.25) is 14.9 Å². The Morgan fingerprint density at radius 1 is 1.30 bits per heavy atom. The molecule has 0 saturated heterocycles. The number of ketones is 1. The van der Waals surface area contributed by atoms with Crippen molar-refractivity contribution in [1.82, 2.24) is 0 Å². The summed E-state index contributed by atoms with van der Waals surface area (Å²) in [4.78, 5) is 25.0. The highest BCUT2D eigenvalue weighted by molar-refractivity contribution is 6.35. The molecule has 0 spiro atoms. The molecule has 9 nitrogen and oxygen atoms in total.